The average molecular weight is 175 g/mol. The number of hydrogen-bond acceptors (Lipinski definition) is 3. The first-order valence-corrected chi connectivity index (χ1v) is 3.92. The summed E-state index contributed by atoms with van der Waals surface area (Å²) in [5.41, 5.74) is 1.93. The predicted octanol–water partition coefficient (Wildman–Crippen LogP) is 1.38. The summed E-state index contributed by atoms with van der Waals surface area (Å²) in [6.07, 6.45) is 1.32. The Labute approximate surface area is 75.1 Å². The minimum Gasteiger partial charge on any atom is -0.411 e. The van der Waals surface area contributed by atoms with Crippen LogP contribution < -0.4 is 0 Å². The van der Waals surface area contributed by atoms with Crippen LogP contribution in [0.1, 0.15) is 5.82 Å². The van der Waals surface area contributed by atoms with Gasteiger partial charge in [0.05, 0.1) is 11.0 Å². The molecular weight excluding hydrogens is 166 g/mol. The third-order valence-corrected chi connectivity index (χ3v) is 1.99. The van der Waals surface area contributed by atoms with Crippen LogP contribution in [0.2, 0.25) is 0 Å². The summed E-state index contributed by atoms with van der Waals surface area (Å²) in [4.78, 5) is 4.26. The SMILES string of the molecule is Cn1c(/C=N/O)nc2ccccc21. The number of rotatable bonds is 1. The van der Waals surface area contributed by atoms with Crippen LogP contribution in [0.4, 0.5) is 0 Å². The zero-order valence-electron chi connectivity index (χ0n) is 7.18. The fraction of sp³-hybridized carbons (Fsp3) is 0.111. The smallest absolute Gasteiger partial charge is 0.155 e. The molecule has 0 aliphatic carbocycles. The Morgan fingerprint density at radius 3 is 2.92 bits per heavy atom. The van der Waals surface area contributed by atoms with Crippen LogP contribution in [-0.4, -0.2) is 21.0 Å². The van der Waals surface area contributed by atoms with Crippen molar-refractivity contribution in [2.75, 3.05) is 0 Å². The summed E-state index contributed by atoms with van der Waals surface area (Å²) in [6, 6.07) is 7.76. The lowest BCUT2D eigenvalue weighted by Crippen LogP contribution is -1.95. The second-order valence-corrected chi connectivity index (χ2v) is 2.76. The fourth-order valence-electron chi connectivity index (χ4n) is 1.33. The minimum absolute atomic E-state index is 0.642. The molecule has 0 saturated heterocycles. The summed E-state index contributed by atoms with van der Waals surface area (Å²) in [7, 11) is 1.88. The summed E-state index contributed by atoms with van der Waals surface area (Å²) < 4.78 is 1.87. The van der Waals surface area contributed by atoms with E-state index in [-0.39, 0.29) is 0 Å². The number of para-hydroxylation sites is 2. The third kappa shape index (κ3) is 1.16. The molecule has 0 fully saturated rings. The number of imidazole rings is 1. The van der Waals surface area contributed by atoms with Gasteiger partial charge in [0.2, 0.25) is 0 Å². The zero-order chi connectivity index (χ0) is 9.26. The Bertz CT molecular complexity index is 459. The maximum atomic E-state index is 8.39. The van der Waals surface area contributed by atoms with Crippen molar-refractivity contribution in [3.05, 3.63) is 30.1 Å². The van der Waals surface area contributed by atoms with Crippen LogP contribution in [0.15, 0.2) is 29.4 Å². The molecule has 1 N–H and O–H groups in total. The van der Waals surface area contributed by atoms with Crippen LogP contribution in [0.25, 0.3) is 11.0 Å². The minimum atomic E-state index is 0.642. The molecule has 0 radical (unpaired) electrons. The monoisotopic (exact) mass is 175 g/mol. The van der Waals surface area contributed by atoms with Crippen molar-refractivity contribution in [2.24, 2.45) is 12.2 Å². The van der Waals surface area contributed by atoms with Crippen molar-refractivity contribution in [3.63, 3.8) is 0 Å². The Balaban J connectivity index is 2.73. The number of oxime groups is 1. The van der Waals surface area contributed by atoms with E-state index < -0.39 is 0 Å². The van der Waals surface area contributed by atoms with Gasteiger partial charge in [-0.2, -0.15) is 0 Å². The van der Waals surface area contributed by atoms with Crippen molar-refractivity contribution >= 4 is 17.2 Å². The molecule has 0 saturated carbocycles. The van der Waals surface area contributed by atoms with Crippen molar-refractivity contribution in [1.29, 1.82) is 0 Å². The van der Waals surface area contributed by atoms with Crippen LogP contribution in [0.5, 0.6) is 0 Å². The quantitative estimate of drug-likeness (QED) is 0.404. The van der Waals surface area contributed by atoms with Crippen molar-refractivity contribution < 1.29 is 5.21 Å². The van der Waals surface area contributed by atoms with E-state index in [1.165, 1.54) is 6.21 Å². The molecule has 0 unspecified atom stereocenters. The van der Waals surface area contributed by atoms with Gasteiger partial charge in [-0.25, -0.2) is 4.98 Å². The van der Waals surface area contributed by atoms with Gasteiger partial charge in [0.1, 0.15) is 6.21 Å². The van der Waals surface area contributed by atoms with E-state index in [1.54, 1.807) is 0 Å². The standard InChI is InChI=1S/C9H9N3O/c1-12-8-5-3-2-4-7(8)11-9(12)6-10-13/h2-6,13H,1H3/b10-6+. The molecule has 0 aliphatic heterocycles. The van der Waals surface area contributed by atoms with Crippen LogP contribution in [-0.2, 0) is 7.05 Å². The van der Waals surface area contributed by atoms with E-state index in [0.717, 1.165) is 11.0 Å². The molecule has 0 spiro atoms. The van der Waals surface area contributed by atoms with E-state index in [2.05, 4.69) is 10.1 Å². The third-order valence-electron chi connectivity index (χ3n) is 1.99. The van der Waals surface area contributed by atoms with Crippen molar-refractivity contribution in [3.8, 4) is 0 Å². The van der Waals surface area contributed by atoms with Gasteiger partial charge in [0, 0.05) is 7.05 Å². The lowest BCUT2D eigenvalue weighted by molar-refractivity contribution is 0.321. The van der Waals surface area contributed by atoms with Crippen LogP contribution >= 0.6 is 0 Å². The summed E-state index contributed by atoms with van der Waals surface area (Å²) in [6.45, 7) is 0. The molecule has 4 heteroatoms. The molecule has 13 heavy (non-hydrogen) atoms. The van der Waals surface area contributed by atoms with Crippen LogP contribution in [0, 0.1) is 0 Å². The second kappa shape index (κ2) is 2.90. The highest BCUT2D eigenvalue weighted by molar-refractivity contribution is 5.84. The second-order valence-electron chi connectivity index (χ2n) is 2.76. The molecule has 2 rings (SSSR count). The molecule has 1 aromatic heterocycles. The van der Waals surface area contributed by atoms with Gasteiger partial charge >= 0.3 is 0 Å². The first-order valence-electron chi connectivity index (χ1n) is 3.92. The van der Waals surface area contributed by atoms with Crippen molar-refractivity contribution in [2.45, 2.75) is 0 Å². The Morgan fingerprint density at radius 2 is 2.23 bits per heavy atom. The number of aryl methyl sites for hydroxylation is 1. The average Bonchev–Trinajstić information content (AvgIpc) is 2.46. The van der Waals surface area contributed by atoms with Gasteiger partial charge in [-0.05, 0) is 12.1 Å². The topological polar surface area (TPSA) is 50.4 Å². The van der Waals surface area contributed by atoms with Crippen LogP contribution in [0.3, 0.4) is 0 Å². The first-order chi connectivity index (χ1) is 6.33. The van der Waals surface area contributed by atoms with E-state index >= 15 is 0 Å². The summed E-state index contributed by atoms with van der Waals surface area (Å²) >= 11 is 0. The van der Waals surface area contributed by atoms with E-state index in [1.807, 2.05) is 35.9 Å². The van der Waals surface area contributed by atoms with Gasteiger partial charge in [0.25, 0.3) is 0 Å². The van der Waals surface area contributed by atoms with Gasteiger partial charge in [-0.15, -0.1) is 0 Å². The number of hydrogen-bond donors (Lipinski definition) is 1. The Kier molecular flexibility index (Phi) is 1.73. The van der Waals surface area contributed by atoms with Gasteiger partial charge < -0.3 is 9.77 Å². The number of aromatic nitrogens is 2. The molecule has 0 aliphatic rings. The molecule has 66 valence electrons. The number of fused-ring (bicyclic) bond motifs is 1. The first kappa shape index (κ1) is 7.79. The fourth-order valence-corrected chi connectivity index (χ4v) is 1.33. The lowest BCUT2D eigenvalue weighted by Gasteiger charge is -1.94. The molecule has 1 aromatic carbocycles. The molecule has 4 nitrogen and oxygen atoms in total. The van der Waals surface area contributed by atoms with E-state index in [9.17, 15) is 0 Å². The Hall–Kier alpha value is -1.84. The molecule has 0 bridgehead atoms. The highest BCUT2D eigenvalue weighted by atomic mass is 16.4. The molecular formula is C9H9N3O. The largest absolute Gasteiger partial charge is 0.411 e. The maximum Gasteiger partial charge on any atom is 0.155 e. The normalized spacial score (nSPS) is 11.5. The van der Waals surface area contributed by atoms with Gasteiger partial charge in [-0.3, -0.25) is 0 Å². The molecule has 0 amide bonds. The van der Waals surface area contributed by atoms with E-state index in [0.29, 0.717) is 5.82 Å². The summed E-state index contributed by atoms with van der Waals surface area (Å²) in [5.74, 6) is 0.642. The van der Waals surface area contributed by atoms with Gasteiger partial charge in [0.15, 0.2) is 5.82 Å². The lowest BCUT2D eigenvalue weighted by atomic mass is 10.3. The van der Waals surface area contributed by atoms with Gasteiger partial charge in [-0.1, -0.05) is 17.3 Å². The molecule has 2 aromatic rings. The number of benzene rings is 1. The zero-order valence-corrected chi connectivity index (χ0v) is 7.18. The maximum absolute atomic E-state index is 8.39. The Morgan fingerprint density at radius 1 is 1.46 bits per heavy atom. The predicted molar refractivity (Wildman–Crippen MR) is 50.1 cm³/mol. The van der Waals surface area contributed by atoms with E-state index in [4.69, 9.17) is 5.21 Å². The summed E-state index contributed by atoms with van der Waals surface area (Å²) in [5, 5.41) is 11.3. The van der Waals surface area contributed by atoms with Crippen molar-refractivity contribution in [1.82, 2.24) is 9.55 Å². The highest BCUT2D eigenvalue weighted by Gasteiger charge is 2.03. The molecule has 1 heterocycles. The highest BCUT2D eigenvalue weighted by Crippen LogP contribution is 2.12. The molecule has 0 atom stereocenters. The number of nitrogens with zero attached hydrogens (tertiary/aromatic N) is 3.